The minimum atomic E-state index is -2.93. The highest BCUT2D eigenvalue weighted by atomic mass is 79.9. The van der Waals surface area contributed by atoms with Crippen molar-refractivity contribution < 1.29 is 9.13 Å². The maximum Gasteiger partial charge on any atom is 0.272 e. The Morgan fingerprint density at radius 2 is 2.17 bits per heavy atom. The Hall–Kier alpha value is -1.93. The number of alkyl halides is 2. The maximum atomic E-state index is 14.8. The van der Waals surface area contributed by atoms with Gasteiger partial charge in [0.2, 0.25) is 0 Å². The number of anilines is 1. The first-order chi connectivity index (χ1) is 14.4. The molecule has 7 nitrogen and oxygen atoms in total. The fourth-order valence-electron chi connectivity index (χ4n) is 4.01. The Morgan fingerprint density at radius 1 is 1.37 bits per heavy atom. The molecule has 0 spiro atoms. The van der Waals surface area contributed by atoms with E-state index in [9.17, 15) is 14.3 Å². The fourth-order valence-corrected chi connectivity index (χ4v) is 8.49. The summed E-state index contributed by atoms with van der Waals surface area (Å²) < 4.78 is 16.7. The lowest BCUT2D eigenvalue weighted by Crippen LogP contribution is -2.42. The summed E-state index contributed by atoms with van der Waals surface area (Å²) in [5.74, 6) is 2.57. The summed E-state index contributed by atoms with van der Waals surface area (Å²) in [7, 11) is -2.93. The van der Waals surface area contributed by atoms with E-state index < -0.39 is 14.6 Å². The molecule has 0 radical (unpaired) electrons. The number of rotatable bonds is 5. The lowest BCUT2D eigenvalue weighted by atomic mass is 10.1. The molecule has 4 rings (SSSR count). The molecule has 10 heteroatoms. The standard InChI is InChI=1S/C20H18Br2N4O3S/c1-2-14-10-16(26(27)28)11-18-20(14)25(9-6-21)19(12-22)30(18,29)24-8-5-17-15(13-24)4-3-7-23-17/h1,3-4,7,10-11H,5-6,8-9,12-13H2. The molecule has 0 aliphatic carbocycles. The molecular formula is C20H18Br2N4O3S. The van der Waals surface area contributed by atoms with E-state index in [2.05, 4.69) is 42.8 Å². The van der Waals surface area contributed by atoms with Gasteiger partial charge < -0.3 is 4.90 Å². The molecule has 0 amide bonds. The summed E-state index contributed by atoms with van der Waals surface area (Å²) in [6.07, 6.45) is 8.14. The van der Waals surface area contributed by atoms with Crippen molar-refractivity contribution in [2.24, 2.45) is 0 Å². The average Bonchev–Trinajstić information content (AvgIpc) is 3.01. The maximum absolute atomic E-state index is 14.8. The summed E-state index contributed by atoms with van der Waals surface area (Å²) in [6, 6.07) is 6.66. The quantitative estimate of drug-likeness (QED) is 0.186. The van der Waals surface area contributed by atoms with Crippen LogP contribution in [-0.4, -0.2) is 47.2 Å². The molecular weight excluding hydrogens is 536 g/mol. The first kappa shape index (κ1) is 21.3. The Kier molecular flexibility index (Phi) is 5.90. The Bertz CT molecular complexity index is 1200. The predicted molar refractivity (Wildman–Crippen MR) is 126 cm³/mol. The van der Waals surface area contributed by atoms with E-state index in [1.54, 1.807) is 6.20 Å². The SMILES string of the molecule is C#Cc1cc([N+](=O)[O-])cc2c1N(CCBr)C(CBr)=S2(=O)N1CCc2ncccc2C1. The zero-order chi connectivity index (χ0) is 21.5. The summed E-state index contributed by atoms with van der Waals surface area (Å²) in [4.78, 5) is 18.5. The van der Waals surface area contributed by atoms with Crippen LogP contribution in [0, 0.1) is 22.5 Å². The second-order valence-electron chi connectivity index (χ2n) is 6.86. The van der Waals surface area contributed by atoms with Crippen LogP contribution in [-0.2, 0) is 22.7 Å². The highest BCUT2D eigenvalue weighted by molar-refractivity contribution is 9.09. The van der Waals surface area contributed by atoms with Gasteiger partial charge in [0.15, 0.2) is 0 Å². The lowest BCUT2D eigenvalue weighted by molar-refractivity contribution is -0.385. The minimum absolute atomic E-state index is 0.150. The van der Waals surface area contributed by atoms with Gasteiger partial charge in [-0.25, -0.2) is 8.51 Å². The Morgan fingerprint density at radius 3 is 2.83 bits per heavy atom. The van der Waals surface area contributed by atoms with Gasteiger partial charge in [-0.3, -0.25) is 15.1 Å². The number of fused-ring (bicyclic) bond motifs is 2. The molecule has 0 fully saturated rings. The molecule has 0 bridgehead atoms. The number of nitrogens with zero attached hydrogens (tertiary/aromatic N) is 4. The lowest BCUT2D eigenvalue weighted by Gasteiger charge is -2.31. The number of pyridine rings is 1. The monoisotopic (exact) mass is 552 g/mol. The van der Waals surface area contributed by atoms with Crippen LogP contribution in [0.15, 0.2) is 35.4 Å². The van der Waals surface area contributed by atoms with E-state index in [1.807, 2.05) is 21.3 Å². The van der Waals surface area contributed by atoms with E-state index in [0.717, 1.165) is 11.3 Å². The summed E-state index contributed by atoms with van der Waals surface area (Å²) in [5, 5.41) is 12.6. The highest BCUT2D eigenvalue weighted by Gasteiger charge is 2.41. The molecule has 3 heterocycles. The number of nitro groups is 1. The van der Waals surface area contributed by atoms with Crippen molar-refractivity contribution in [3.05, 3.63) is 57.4 Å². The van der Waals surface area contributed by atoms with Crippen LogP contribution in [0.5, 0.6) is 0 Å². The number of nitro benzene ring substituents is 1. The van der Waals surface area contributed by atoms with Crippen LogP contribution in [0.1, 0.15) is 16.8 Å². The van der Waals surface area contributed by atoms with Crippen LogP contribution >= 0.6 is 31.9 Å². The first-order valence-corrected chi connectivity index (χ1v) is 13.0. The van der Waals surface area contributed by atoms with Gasteiger partial charge in [0.25, 0.3) is 5.69 Å². The van der Waals surface area contributed by atoms with E-state index in [4.69, 9.17) is 6.42 Å². The third-order valence-corrected chi connectivity index (χ3v) is 9.54. The number of hydrogen-bond donors (Lipinski definition) is 0. The fraction of sp³-hybridized carbons (Fsp3) is 0.300. The topological polar surface area (TPSA) is 79.6 Å². The van der Waals surface area contributed by atoms with Crippen molar-refractivity contribution in [2.75, 3.05) is 28.6 Å². The second kappa shape index (κ2) is 8.30. The Labute approximate surface area is 192 Å². The van der Waals surface area contributed by atoms with Gasteiger partial charge in [0, 0.05) is 55.4 Å². The molecule has 2 aliphatic rings. The number of non-ortho nitro benzene ring substituents is 1. The first-order valence-electron chi connectivity index (χ1n) is 9.22. The third kappa shape index (κ3) is 3.24. The van der Waals surface area contributed by atoms with Gasteiger partial charge in [0.05, 0.1) is 36.1 Å². The van der Waals surface area contributed by atoms with Crippen molar-refractivity contribution in [2.45, 2.75) is 17.9 Å². The number of aromatic nitrogens is 1. The van der Waals surface area contributed by atoms with Crippen LogP contribution in [0.2, 0.25) is 0 Å². The molecule has 1 aromatic heterocycles. The zero-order valence-corrected chi connectivity index (χ0v) is 19.9. The zero-order valence-electron chi connectivity index (χ0n) is 15.9. The molecule has 0 N–H and O–H groups in total. The van der Waals surface area contributed by atoms with E-state index in [1.165, 1.54) is 12.1 Å². The smallest absolute Gasteiger partial charge is 0.272 e. The molecule has 2 aromatic rings. The number of halogens is 2. The second-order valence-corrected chi connectivity index (χ2v) is 10.7. The molecule has 0 saturated heterocycles. The molecule has 156 valence electrons. The molecule has 1 atom stereocenters. The molecule has 0 saturated carbocycles. The average molecular weight is 554 g/mol. The van der Waals surface area contributed by atoms with Crippen molar-refractivity contribution in [1.82, 2.24) is 9.29 Å². The number of terminal acetylenes is 1. The summed E-state index contributed by atoms with van der Waals surface area (Å²) in [6.45, 7) is 1.53. The Balaban J connectivity index is 1.98. The van der Waals surface area contributed by atoms with Gasteiger partial charge in [-0.2, -0.15) is 0 Å². The normalized spacial score (nSPS) is 20.6. The van der Waals surface area contributed by atoms with Crippen molar-refractivity contribution in [3.8, 4) is 12.3 Å². The van der Waals surface area contributed by atoms with E-state index in [0.29, 0.717) is 57.9 Å². The largest absolute Gasteiger partial charge is 0.333 e. The van der Waals surface area contributed by atoms with Gasteiger partial charge in [0.1, 0.15) is 4.99 Å². The van der Waals surface area contributed by atoms with Crippen LogP contribution in [0.25, 0.3) is 0 Å². The molecule has 2 aliphatic heterocycles. The molecule has 30 heavy (non-hydrogen) atoms. The van der Waals surface area contributed by atoms with Crippen molar-refractivity contribution >= 4 is 57.9 Å². The van der Waals surface area contributed by atoms with E-state index >= 15 is 0 Å². The number of benzene rings is 1. The van der Waals surface area contributed by atoms with Gasteiger partial charge in [-0.1, -0.05) is 43.8 Å². The van der Waals surface area contributed by atoms with Crippen molar-refractivity contribution in [3.63, 3.8) is 0 Å². The van der Waals surface area contributed by atoms with Crippen LogP contribution < -0.4 is 4.90 Å². The third-order valence-electron chi connectivity index (χ3n) is 5.33. The van der Waals surface area contributed by atoms with Gasteiger partial charge in [-0.05, 0) is 11.6 Å². The van der Waals surface area contributed by atoms with Gasteiger partial charge >= 0.3 is 0 Å². The van der Waals surface area contributed by atoms with Crippen LogP contribution in [0.3, 0.4) is 0 Å². The summed E-state index contributed by atoms with van der Waals surface area (Å²) >= 11 is 6.98. The number of hydrogen-bond acceptors (Lipinski definition) is 5. The summed E-state index contributed by atoms with van der Waals surface area (Å²) in [5.41, 5.74) is 2.87. The van der Waals surface area contributed by atoms with Crippen LogP contribution in [0.4, 0.5) is 11.4 Å². The molecule has 1 unspecified atom stereocenters. The molecule has 1 aromatic carbocycles. The minimum Gasteiger partial charge on any atom is -0.333 e. The van der Waals surface area contributed by atoms with Crippen molar-refractivity contribution in [1.29, 1.82) is 0 Å². The van der Waals surface area contributed by atoms with Gasteiger partial charge in [-0.15, -0.1) is 6.42 Å². The highest BCUT2D eigenvalue weighted by Crippen LogP contribution is 2.43. The van der Waals surface area contributed by atoms with E-state index in [-0.39, 0.29) is 5.69 Å². The predicted octanol–water partition coefficient (Wildman–Crippen LogP) is 3.33.